The second kappa shape index (κ2) is 5.44. The predicted molar refractivity (Wildman–Crippen MR) is 76.0 cm³/mol. The molecule has 0 bridgehead atoms. The summed E-state index contributed by atoms with van der Waals surface area (Å²) in [6, 6.07) is 9.15. The quantitative estimate of drug-likeness (QED) is 0.934. The lowest BCUT2D eigenvalue weighted by atomic mass is 10.1. The van der Waals surface area contributed by atoms with Gasteiger partial charge in [-0.25, -0.2) is 9.78 Å². The van der Waals surface area contributed by atoms with Crippen LogP contribution in [0.15, 0.2) is 36.5 Å². The number of hydrogen-bond acceptors (Lipinski definition) is 4. The molecule has 0 saturated carbocycles. The normalized spacial score (nSPS) is 16.1. The Hall–Kier alpha value is -2.56. The summed E-state index contributed by atoms with van der Waals surface area (Å²) in [4.78, 5) is 14.5. The van der Waals surface area contributed by atoms with Gasteiger partial charge < -0.3 is 14.6 Å². The number of carboxylic acids is 1. The highest BCUT2D eigenvalue weighted by atomic mass is 16.5. The molecule has 0 saturated heterocycles. The van der Waals surface area contributed by atoms with Crippen LogP contribution in [0.5, 0.6) is 11.5 Å². The molecule has 0 spiro atoms. The van der Waals surface area contributed by atoms with Gasteiger partial charge in [0.2, 0.25) is 0 Å². The number of hydrogen-bond donors (Lipinski definition) is 1. The average Bonchev–Trinajstić information content (AvgIpc) is 2.87. The van der Waals surface area contributed by atoms with Gasteiger partial charge in [-0.05, 0) is 30.7 Å². The molecule has 1 aliphatic heterocycles. The Morgan fingerprint density at radius 1 is 1.43 bits per heavy atom. The van der Waals surface area contributed by atoms with E-state index in [1.165, 1.54) is 23.4 Å². The van der Waals surface area contributed by atoms with Crippen LogP contribution in [0.4, 0.5) is 0 Å². The number of aromatic nitrogens is 1. The van der Waals surface area contributed by atoms with Crippen LogP contribution in [0.25, 0.3) is 0 Å². The Labute approximate surface area is 122 Å². The molecule has 5 heteroatoms. The van der Waals surface area contributed by atoms with Gasteiger partial charge in [-0.2, -0.15) is 0 Å². The molecule has 0 aliphatic carbocycles. The molecular weight excluding hydrogens is 270 g/mol. The van der Waals surface area contributed by atoms with E-state index in [2.05, 4.69) is 18.0 Å². The van der Waals surface area contributed by atoms with Crippen molar-refractivity contribution < 1.29 is 19.4 Å². The SMILES string of the molecule is Cc1ccc2c(c1)CC(COc1ccc(C(=O)O)nc1)O2. The Morgan fingerprint density at radius 2 is 2.29 bits per heavy atom. The van der Waals surface area contributed by atoms with Crippen LogP contribution in [0.3, 0.4) is 0 Å². The second-order valence-electron chi connectivity index (χ2n) is 5.05. The van der Waals surface area contributed by atoms with E-state index in [4.69, 9.17) is 14.6 Å². The van der Waals surface area contributed by atoms with Gasteiger partial charge in [-0.3, -0.25) is 0 Å². The molecule has 1 atom stereocenters. The lowest BCUT2D eigenvalue weighted by molar-refractivity contribution is 0.0690. The first-order valence-corrected chi connectivity index (χ1v) is 6.70. The summed E-state index contributed by atoms with van der Waals surface area (Å²) in [5, 5.41) is 8.78. The van der Waals surface area contributed by atoms with Crippen LogP contribution in [-0.2, 0) is 6.42 Å². The van der Waals surface area contributed by atoms with E-state index in [-0.39, 0.29) is 11.8 Å². The number of ether oxygens (including phenoxy) is 2. The summed E-state index contributed by atoms with van der Waals surface area (Å²) in [5.74, 6) is 0.399. The minimum Gasteiger partial charge on any atom is -0.488 e. The van der Waals surface area contributed by atoms with E-state index < -0.39 is 5.97 Å². The number of benzene rings is 1. The molecule has 0 fully saturated rings. The lowest BCUT2D eigenvalue weighted by Gasteiger charge is -2.12. The van der Waals surface area contributed by atoms with Crippen molar-refractivity contribution in [2.24, 2.45) is 0 Å². The van der Waals surface area contributed by atoms with Crippen molar-refractivity contribution >= 4 is 5.97 Å². The third-order valence-electron chi connectivity index (χ3n) is 3.35. The lowest BCUT2D eigenvalue weighted by Crippen LogP contribution is -2.22. The molecule has 0 radical (unpaired) electrons. The fourth-order valence-corrected chi connectivity index (χ4v) is 2.32. The van der Waals surface area contributed by atoms with E-state index in [1.54, 1.807) is 6.07 Å². The van der Waals surface area contributed by atoms with Crippen molar-refractivity contribution in [1.29, 1.82) is 0 Å². The van der Waals surface area contributed by atoms with Gasteiger partial charge in [-0.1, -0.05) is 17.7 Å². The van der Waals surface area contributed by atoms with Gasteiger partial charge in [0.05, 0.1) is 6.20 Å². The minimum atomic E-state index is -1.05. The molecule has 1 unspecified atom stereocenters. The maximum absolute atomic E-state index is 10.7. The molecule has 108 valence electrons. The molecule has 21 heavy (non-hydrogen) atoms. The number of rotatable bonds is 4. The zero-order chi connectivity index (χ0) is 14.8. The number of aryl methyl sites for hydroxylation is 1. The van der Waals surface area contributed by atoms with Crippen molar-refractivity contribution in [2.45, 2.75) is 19.4 Å². The standard InChI is InChI=1S/C16H15NO4/c1-10-2-5-15-11(6-10)7-13(21-15)9-20-12-3-4-14(16(18)19)17-8-12/h2-6,8,13H,7,9H2,1H3,(H,18,19). The summed E-state index contributed by atoms with van der Waals surface area (Å²) in [6.07, 6.45) is 2.20. The van der Waals surface area contributed by atoms with Crippen molar-refractivity contribution in [1.82, 2.24) is 4.98 Å². The summed E-state index contributed by atoms with van der Waals surface area (Å²) >= 11 is 0. The number of carboxylic acid groups (broad SMARTS) is 1. The first-order chi connectivity index (χ1) is 10.1. The summed E-state index contributed by atoms with van der Waals surface area (Å²) in [5.41, 5.74) is 2.41. The van der Waals surface area contributed by atoms with Gasteiger partial charge in [0.1, 0.15) is 29.9 Å². The topological polar surface area (TPSA) is 68.7 Å². The third-order valence-corrected chi connectivity index (χ3v) is 3.35. The van der Waals surface area contributed by atoms with Gasteiger partial charge in [0, 0.05) is 6.42 Å². The maximum atomic E-state index is 10.7. The molecule has 1 aromatic heterocycles. The van der Waals surface area contributed by atoms with E-state index in [0.29, 0.717) is 12.4 Å². The molecule has 1 aromatic carbocycles. The number of carbonyl (C=O) groups is 1. The predicted octanol–water partition coefficient (Wildman–Crippen LogP) is 2.47. The zero-order valence-corrected chi connectivity index (χ0v) is 11.6. The molecule has 2 aromatic rings. The van der Waals surface area contributed by atoms with Crippen LogP contribution in [0, 0.1) is 6.92 Å². The van der Waals surface area contributed by atoms with Crippen molar-refractivity contribution in [3.63, 3.8) is 0 Å². The van der Waals surface area contributed by atoms with E-state index >= 15 is 0 Å². The maximum Gasteiger partial charge on any atom is 0.354 e. The number of pyridine rings is 1. The highest BCUT2D eigenvalue weighted by molar-refractivity contribution is 5.85. The highest BCUT2D eigenvalue weighted by Gasteiger charge is 2.23. The van der Waals surface area contributed by atoms with Crippen LogP contribution < -0.4 is 9.47 Å². The van der Waals surface area contributed by atoms with Crippen molar-refractivity contribution in [2.75, 3.05) is 6.61 Å². The Kier molecular flexibility index (Phi) is 3.48. The first-order valence-electron chi connectivity index (χ1n) is 6.70. The van der Waals surface area contributed by atoms with E-state index in [9.17, 15) is 4.79 Å². The van der Waals surface area contributed by atoms with Crippen molar-refractivity contribution in [3.8, 4) is 11.5 Å². The molecular formula is C16H15NO4. The van der Waals surface area contributed by atoms with Crippen LogP contribution in [0.1, 0.15) is 21.6 Å². The molecule has 1 aliphatic rings. The zero-order valence-electron chi connectivity index (χ0n) is 11.6. The van der Waals surface area contributed by atoms with Crippen LogP contribution in [0.2, 0.25) is 0 Å². The van der Waals surface area contributed by atoms with Gasteiger partial charge in [0.25, 0.3) is 0 Å². The second-order valence-corrected chi connectivity index (χ2v) is 5.05. The Balaban J connectivity index is 1.58. The van der Waals surface area contributed by atoms with Gasteiger partial charge in [-0.15, -0.1) is 0 Å². The number of aromatic carboxylic acids is 1. The largest absolute Gasteiger partial charge is 0.488 e. The summed E-state index contributed by atoms with van der Waals surface area (Å²) < 4.78 is 11.4. The van der Waals surface area contributed by atoms with Crippen LogP contribution in [-0.4, -0.2) is 28.8 Å². The first kappa shape index (κ1) is 13.4. The van der Waals surface area contributed by atoms with Crippen molar-refractivity contribution in [3.05, 3.63) is 53.3 Å². The molecule has 2 heterocycles. The van der Waals surface area contributed by atoms with Gasteiger partial charge >= 0.3 is 5.97 Å². The smallest absolute Gasteiger partial charge is 0.354 e. The third kappa shape index (κ3) is 2.97. The highest BCUT2D eigenvalue weighted by Crippen LogP contribution is 2.29. The van der Waals surface area contributed by atoms with Crippen LogP contribution >= 0.6 is 0 Å². The van der Waals surface area contributed by atoms with E-state index in [1.807, 2.05) is 12.1 Å². The minimum absolute atomic E-state index is 0.00217. The fraction of sp³-hybridized carbons (Fsp3) is 0.250. The molecule has 3 rings (SSSR count). The number of fused-ring (bicyclic) bond motifs is 1. The monoisotopic (exact) mass is 285 g/mol. The molecule has 0 amide bonds. The Morgan fingerprint density at radius 3 is 3.00 bits per heavy atom. The average molecular weight is 285 g/mol. The molecule has 5 nitrogen and oxygen atoms in total. The van der Waals surface area contributed by atoms with Gasteiger partial charge in [0.15, 0.2) is 0 Å². The Bertz CT molecular complexity index is 666. The van der Waals surface area contributed by atoms with E-state index in [0.717, 1.165) is 12.2 Å². The summed E-state index contributed by atoms with van der Waals surface area (Å²) in [6.45, 7) is 2.46. The fourth-order valence-electron chi connectivity index (χ4n) is 2.32. The molecule has 1 N–H and O–H groups in total. The number of nitrogens with zero attached hydrogens (tertiary/aromatic N) is 1. The summed E-state index contributed by atoms with van der Waals surface area (Å²) in [7, 11) is 0.